The number of pyridine rings is 1. The molecule has 0 aliphatic rings. The maximum Gasteiger partial charge on any atom is 0.255 e. The molecule has 0 atom stereocenters. The molecular formula is C22H20BrN3O2. The van der Waals surface area contributed by atoms with Crippen LogP contribution in [0.1, 0.15) is 16.1 Å². The predicted octanol–water partition coefficient (Wildman–Crippen LogP) is 4.53. The highest BCUT2D eigenvalue weighted by atomic mass is 79.9. The molecule has 0 spiro atoms. The van der Waals surface area contributed by atoms with Gasteiger partial charge in [0.05, 0.1) is 29.2 Å². The van der Waals surface area contributed by atoms with Gasteiger partial charge in [0.15, 0.2) is 0 Å². The van der Waals surface area contributed by atoms with E-state index in [-0.39, 0.29) is 18.4 Å². The third kappa shape index (κ3) is 4.64. The van der Waals surface area contributed by atoms with Crippen LogP contribution in [0.2, 0.25) is 0 Å². The van der Waals surface area contributed by atoms with E-state index in [0.717, 1.165) is 15.7 Å². The molecular weight excluding hydrogens is 418 g/mol. The molecule has 3 rings (SSSR count). The third-order valence-electron chi connectivity index (χ3n) is 4.26. The van der Waals surface area contributed by atoms with Crippen LogP contribution in [0.4, 0.5) is 5.69 Å². The van der Waals surface area contributed by atoms with Crippen LogP contribution in [-0.2, 0) is 4.79 Å². The molecule has 3 aromatic rings. The molecule has 0 unspecified atom stereocenters. The number of nitrogens with zero attached hydrogens (tertiary/aromatic N) is 2. The Hall–Kier alpha value is -2.99. The number of benzene rings is 2. The van der Waals surface area contributed by atoms with Gasteiger partial charge in [-0.05, 0) is 47.1 Å². The first-order valence-electron chi connectivity index (χ1n) is 8.78. The lowest BCUT2D eigenvalue weighted by atomic mass is 10.1. The molecule has 0 saturated carbocycles. The second-order valence-corrected chi connectivity index (χ2v) is 7.24. The SMILES string of the molecule is Cc1nc(-c2ccccc2)ccc1C(=O)N(C)CC(=O)Nc1ccccc1Br. The first-order valence-corrected chi connectivity index (χ1v) is 9.58. The van der Waals surface area contributed by atoms with Gasteiger partial charge in [-0.1, -0.05) is 42.5 Å². The van der Waals surface area contributed by atoms with Crippen LogP contribution >= 0.6 is 15.9 Å². The molecule has 5 nitrogen and oxygen atoms in total. The highest BCUT2D eigenvalue weighted by Crippen LogP contribution is 2.21. The zero-order valence-electron chi connectivity index (χ0n) is 15.6. The molecule has 0 radical (unpaired) electrons. The van der Waals surface area contributed by atoms with Crippen molar-refractivity contribution in [2.24, 2.45) is 0 Å². The van der Waals surface area contributed by atoms with Crippen LogP contribution in [0.3, 0.4) is 0 Å². The van der Waals surface area contributed by atoms with Crippen LogP contribution in [0.15, 0.2) is 71.2 Å². The van der Waals surface area contributed by atoms with Crippen molar-refractivity contribution in [1.82, 2.24) is 9.88 Å². The second kappa shape index (κ2) is 8.80. The number of anilines is 1. The summed E-state index contributed by atoms with van der Waals surface area (Å²) < 4.78 is 0.786. The first-order chi connectivity index (χ1) is 13.5. The maximum absolute atomic E-state index is 12.8. The molecule has 0 saturated heterocycles. The summed E-state index contributed by atoms with van der Waals surface area (Å²) in [7, 11) is 1.60. The average molecular weight is 438 g/mol. The number of nitrogens with one attached hydrogen (secondary N) is 1. The molecule has 142 valence electrons. The van der Waals surface area contributed by atoms with Crippen molar-refractivity contribution >= 4 is 33.4 Å². The molecule has 2 amide bonds. The summed E-state index contributed by atoms with van der Waals surface area (Å²) in [6.45, 7) is 1.74. The summed E-state index contributed by atoms with van der Waals surface area (Å²) in [4.78, 5) is 31.0. The largest absolute Gasteiger partial charge is 0.332 e. The predicted molar refractivity (Wildman–Crippen MR) is 114 cm³/mol. The number of para-hydroxylation sites is 1. The monoisotopic (exact) mass is 437 g/mol. The smallest absolute Gasteiger partial charge is 0.255 e. The van der Waals surface area contributed by atoms with Gasteiger partial charge in [-0.3, -0.25) is 14.6 Å². The Morgan fingerprint density at radius 1 is 1.00 bits per heavy atom. The molecule has 2 aromatic carbocycles. The fourth-order valence-electron chi connectivity index (χ4n) is 2.80. The van der Waals surface area contributed by atoms with Crippen molar-refractivity contribution < 1.29 is 9.59 Å². The van der Waals surface area contributed by atoms with E-state index in [1.165, 1.54) is 4.90 Å². The van der Waals surface area contributed by atoms with E-state index in [1.807, 2.05) is 54.6 Å². The van der Waals surface area contributed by atoms with Crippen molar-refractivity contribution in [3.63, 3.8) is 0 Å². The minimum absolute atomic E-state index is 0.0555. The van der Waals surface area contributed by atoms with Crippen molar-refractivity contribution in [3.05, 3.63) is 82.5 Å². The lowest BCUT2D eigenvalue weighted by Gasteiger charge is -2.18. The zero-order valence-corrected chi connectivity index (χ0v) is 17.2. The third-order valence-corrected chi connectivity index (χ3v) is 4.95. The molecule has 1 aromatic heterocycles. The Bertz CT molecular complexity index is 1010. The number of halogens is 1. The standard InChI is InChI=1S/C22H20BrN3O2/c1-15-17(12-13-19(24-15)16-8-4-3-5-9-16)22(28)26(2)14-21(27)25-20-11-7-6-10-18(20)23/h3-13H,14H2,1-2H3,(H,25,27). The highest BCUT2D eigenvalue weighted by Gasteiger charge is 2.18. The van der Waals surface area contributed by atoms with Crippen molar-refractivity contribution in [3.8, 4) is 11.3 Å². The summed E-state index contributed by atoms with van der Waals surface area (Å²) in [6, 6.07) is 20.7. The van der Waals surface area contributed by atoms with Gasteiger partial charge in [0.2, 0.25) is 5.91 Å². The van der Waals surface area contributed by atoms with Gasteiger partial charge in [0, 0.05) is 17.1 Å². The Labute approximate surface area is 172 Å². The molecule has 0 fully saturated rings. The summed E-state index contributed by atoms with van der Waals surface area (Å²) in [5, 5.41) is 2.80. The van der Waals surface area contributed by atoms with Gasteiger partial charge in [0.25, 0.3) is 5.91 Å². The van der Waals surface area contributed by atoms with E-state index < -0.39 is 0 Å². The van der Waals surface area contributed by atoms with Crippen LogP contribution in [-0.4, -0.2) is 35.3 Å². The zero-order chi connectivity index (χ0) is 20.1. The number of carbonyl (C=O) groups excluding carboxylic acids is 2. The summed E-state index contributed by atoms with van der Waals surface area (Å²) in [5.41, 5.74) is 3.58. The Kier molecular flexibility index (Phi) is 6.21. The number of carbonyl (C=O) groups is 2. The van der Waals surface area contributed by atoms with Crippen LogP contribution in [0.25, 0.3) is 11.3 Å². The van der Waals surface area contributed by atoms with Crippen LogP contribution in [0.5, 0.6) is 0 Å². The van der Waals surface area contributed by atoms with E-state index in [0.29, 0.717) is 16.9 Å². The lowest BCUT2D eigenvalue weighted by Crippen LogP contribution is -2.35. The lowest BCUT2D eigenvalue weighted by molar-refractivity contribution is -0.116. The minimum Gasteiger partial charge on any atom is -0.332 e. The van der Waals surface area contributed by atoms with E-state index in [9.17, 15) is 9.59 Å². The van der Waals surface area contributed by atoms with Gasteiger partial charge in [-0.15, -0.1) is 0 Å². The fraction of sp³-hybridized carbons (Fsp3) is 0.136. The highest BCUT2D eigenvalue weighted by molar-refractivity contribution is 9.10. The molecule has 28 heavy (non-hydrogen) atoms. The van der Waals surface area contributed by atoms with Crippen molar-refractivity contribution in [2.75, 3.05) is 18.9 Å². The number of aromatic nitrogens is 1. The van der Waals surface area contributed by atoms with E-state index in [2.05, 4.69) is 26.2 Å². The van der Waals surface area contributed by atoms with Crippen molar-refractivity contribution in [2.45, 2.75) is 6.92 Å². The molecule has 0 bridgehead atoms. The molecule has 0 aliphatic carbocycles. The Balaban J connectivity index is 1.69. The Morgan fingerprint density at radius 2 is 1.68 bits per heavy atom. The minimum atomic E-state index is -0.269. The van der Waals surface area contributed by atoms with Gasteiger partial charge in [0.1, 0.15) is 0 Å². The number of rotatable bonds is 5. The summed E-state index contributed by atoms with van der Waals surface area (Å²) in [6.07, 6.45) is 0. The number of amides is 2. The van der Waals surface area contributed by atoms with E-state index in [4.69, 9.17) is 0 Å². The van der Waals surface area contributed by atoms with Crippen molar-refractivity contribution in [1.29, 1.82) is 0 Å². The first kappa shape index (κ1) is 19.8. The number of hydrogen-bond acceptors (Lipinski definition) is 3. The molecule has 1 N–H and O–H groups in total. The normalized spacial score (nSPS) is 10.4. The van der Waals surface area contributed by atoms with Gasteiger partial charge in [-0.25, -0.2) is 0 Å². The Morgan fingerprint density at radius 3 is 2.36 bits per heavy atom. The quantitative estimate of drug-likeness (QED) is 0.637. The summed E-state index contributed by atoms with van der Waals surface area (Å²) >= 11 is 3.39. The molecule has 1 heterocycles. The fourth-order valence-corrected chi connectivity index (χ4v) is 3.19. The van der Waals surface area contributed by atoms with Gasteiger partial charge < -0.3 is 10.2 Å². The maximum atomic E-state index is 12.8. The molecule has 6 heteroatoms. The topological polar surface area (TPSA) is 62.3 Å². The molecule has 0 aliphatic heterocycles. The van der Waals surface area contributed by atoms with Gasteiger partial charge >= 0.3 is 0 Å². The number of likely N-dealkylation sites (N-methyl/N-ethyl adjacent to an activating group) is 1. The van der Waals surface area contributed by atoms with Crippen LogP contribution in [0, 0.1) is 6.92 Å². The van der Waals surface area contributed by atoms with Crippen LogP contribution < -0.4 is 5.32 Å². The summed E-state index contributed by atoms with van der Waals surface area (Å²) in [5.74, 6) is -0.513. The van der Waals surface area contributed by atoms with Gasteiger partial charge in [-0.2, -0.15) is 0 Å². The number of hydrogen-bond donors (Lipinski definition) is 1. The average Bonchev–Trinajstić information content (AvgIpc) is 2.69. The number of aryl methyl sites for hydroxylation is 1. The second-order valence-electron chi connectivity index (χ2n) is 6.38. The van der Waals surface area contributed by atoms with E-state index in [1.54, 1.807) is 26.1 Å². The van der Waals surface area contributed by atoms with E-state index >= 15 is 0 Å².